The number of rotatable bonds is 3. The molecule has 0 aromatic heterocycles. The smallest absolute Gasteiger partial charge is 0.242 e. The Morgan fingerprint density at radius 3 is 2.78 bits per heavy atom. The molecule has 0 aliphatic carbocycles. The summed E-state index contributed by atoms with van der Waals surface area (Å²) in [4.78, 5) is 23.8. The number of nitrogens with one attached hydrogen (secondary N) is 3. The highest BCUT2D eigenvalue weighted by Gasteiger charge is 2.40. The van der Waals surface area contributed by atoms with Gasteiger partial charge in [-0.3, -0.25) is 9.59 Å². The summed E-state index contributed by atoms with van der Waals surface area (Å²) in [6.45, 7) is 3.62. The maximum atomic E-state index is 12.3. The molecule has 3 N–H and O–H groups in total. The second-order valence-corrected chi connectivity index (χ2v) is 4.93. The van der Waals surface area contributed by atoms with Gasteiger partial charge in [-0.25, -0.2) is 0 Å². The molecule has 0 aromatic rings. The van der Waals surface area contributed by atoms with E-state index in [4.69, 9.17) is 0 Å². The molecule has 2 saturated heterocycles. The lowest BCUT2D eigenvalue weighted by molar-refractivity contribution is -0.133. The van der Waals surface area contributed by atoms with Crippen LogP contribution in [0.25, 0.3) is 0 Å². The lowest BCUT2D eigenvalue weighted by Gasteiger charge is -2.30. The first-order valence-electron chi connectivity index (χ1n) is 6.52. The molecule has 2 heterocycles. The van der Waals surface area contributed by atoms with Crippen LogP contribution in [0.2, 0.25) is 0 Å². The Bertz CT molecular complexity index is 316. The Morgan fingerprint density at radius 1 is 1.44 bits per heavy atom. The van der Waals surface area contributed by atoms with Gasteiger partial charge in [0.1, 0.15) is 6.04 Å². The molecule has 0 bridgehead atoms. The van der Waals surface area contributed by atoms with E-state index in [1.54, 1.807) is 0 Å². The van der Waals surface area contributed by atoms with Gasteiger partial charge in [0.25, 0.3) is 0 Å². The molecule has 2 aliphatic heterocycles. The van der Waals surface area contributed by atoms with Gasteiger partial charge in [0.15, 0.2) is 0 Å². The van der Waals surface area contributed by atoms with Crippen LogP contribution in [0.3, 0.4) is 0 Å². The number of halogens is 1. The van der Waals surface area contributed by atoms with Crippen LogP contribution in [0.1, 0.15) is 39.0 Å². The third-order valence-corrected chi connectivity index (χ3v) is 3.87. The predicted molar refractivity (Wildman–Crippen MR) is 71.7 cm³/mol. The number of amides is 2. The quantitative estimate of drug-likeness (QED) is 0.695. The summed E-state index contributed by atoms with van der Waals surface area (Å²) in [7, 11) is 0. The van der Waals surface area contributed by atoms with E-state index in [0.29, 0.717) is 0 Å². The monoisotopic (exact) mass is 275 g/mol. The first kappa shape index (κ1) is 15.2. The van der Waals surface area contributed by atoms with Gasteiger partial charge < -0.3 is 16.0 Å². The van der Waals surface area contributed by atoms with Gasteiger partial charge in [0, 0.05) is 6.54 Å². The summed E-state index contributed by atoms with van der Waals surface area (Å²) in [5.74, 6) is -0.0617. The van der Waals surface area contributed by atoms with Crippen molar-refractivity contribution in [2.45, 2.75) is 50.6 Å². The number of hydrogen-bond acceptors (Lipinski definition) is 3. The first-order valence-corrected chi connectivity index (χ1v) is 6.52. The van der Waals surface area contributed by atoms with Crippen molar-refractivity contribution in [1.29, 1.82) is 0 Å². The fraction of sp³-hybridized carbons (Fsp3) is 0.833. The van der Waals surface area contributed by atoms with E-state index in [1.807, 2.05) is 6.92 Å². The van der Waals surface area contributed by atoms with Gasteiger partial charge in [0.2, 0.25) is 11.8 Å². The van der Waals surface area contributed by atoms with Gasteiger partial charge in [-0.05, 0) is 38.6 Å². The third kappa shape index (κ3) is 2.95. The van der Waals surface area contributed by atoms with Crippen molar-refractivity contribution in [3.8, 4) is 0 Å². The Morgan fingerprint density at radius 2 is 2.22 bits per heavy atom. The second kappa shape index (κ2) is 6.38. The fourth-order valence-electron chi connectivity index (χ4n) is 2.67. The molecule has 2 aliphatic rings. The molecule has 2 rings (SSSR count). The van der Waals surface area contributed by atoms with Crippen LogP contribution in [0.4, 0.5) is 0 Å². The Labute approximate surface area is 114 Å². The molecule has 5 nitrogen and oxygen atoms in total. The average Bonchev–Trinajstić information content (AvgIpc) is 2.82. The van der Waals surface area contributed by atoms with Crippen molar-refractivity contribution >= 4 is 24.2 Å². The Balaban J connectivity index is 0.00000162. The van der Waals surface area contributed by atoms with Crippen molar-refractivity contribution in [3.05, 3.63) is 0 Å². The zero-order valence-electron chi connectivity index (χ0n) is 10.8. The van der Waals surface area contributed by atoms with Crippen molar-refractivity contribution < 1.29 is 9.59 Å². The third-order valence-electron chi connectivity index (χ3n) is 3.87. The van der Waals surface area contributed by atoms with Crippen molar-refractivity contribution in [3.63, 3.8) is 0 Å². The molecule has 0 saturated carbocycles. The summed E-state index contributed by atoms with van der Waals surface area (Å²) in [6, 6.07) is -0.345. The summed E-state index contributed by atoms with van der Waals surface area (Å²) in [6.07, 6.45) is 4.34. The van der Waals surface area contributed by atoms with Gasteiger partial charge >= 0.3 is 0 Å². The molecule has 0 aromatic carbocycles. The van der Waals surface area contributed by atoms with Crippen LogP contribution in [-0.2, 0) is 9.59 Å². The Hall–Kier alpha value is -0.810. The van der Waals surface area contributed by atoms with Crippen LogP contribution >= 0.6 is 12.4 Å². The van der Waals surface area contributed by atoms with Gasteiger partial charge in [-0.15, -0.1) is 12.4 Å². The maximum absolute atomic E-state index is 12.3. The second-order valence-electron chi connectivity index (χ2n) is 4.93. The molecule has 2 amide bonds. The molecule has 6 heteroatoms. The van der Waals surface area contributed by atoms with Crippen LogP contribution < -0.4 is 16.0 Å². The van der Waals surface area contributed by atoms with Crippen LogP contribution in [0.15, 0.2) is 0 Å². The molecule has 0 radical (unpaired) electrons. The van der Waals surface area contributed by atoms with E-state index in [0.717, 1.165) is 45.2 Å². The van der Waals surface area contributed by atoms with E-state index in [2.05, 4.69) is 16.0 Å². The molecule has 2 atom stereocenters. The molecule has 2 unspecified atom stereocenters. The summed E-state index contributed by atoms with van der Waals surface area (Å²) in [5.41, 5.74) is -0.447. The molecular weight excluding hydrogens is 254 g/mol. The van der Waals surface area contributed by atoms with Gasteiger partial charge in [0.05, 0.1) is 5.54 Å². The zero-order valence-corrected chi connectivity index (χ0v) is 11.6. The number of hydrogen-bond donors (Lipinski definition) is 3. The average molecular weight is 276 g/mol. The van der Waals surface area contributed by atoms with Crippen LogP contribution in [0, 0.1) is 0 Å². The lowest BCUT2D eigenvalue weighted by Crippen LogP contribution is -2.59. The van der Waals surface area contributed by atoms with Crippen LogP contribution in [-0.4, -0.2) is 36.5 Å². The molecular formula is C12H22ClN3O2. The predicted octanol–water partition coefficient (Wildman–Crippen LogP) is 0.335. The maximum Gasteiger partial charge on any atom is 0.242 e. The number of piperidine rings is 1. The molecule has 0 spiro atoms. The lowest BCUT2D eigenvalue weighted by atomic mass is 9.92. The molecule has 2 fully saturated rings. The van der Waals surface area contributed by atoms with E-state index in [-0.39, 0.29) is 30.3 Å². The fourth-order valence-corrected chi connectivity index (χ4v) is 2.67. The summed E-state index contributed by atoms with van der Waals surface area (Å²) < 4.78 is 0. The van der Waals surface area contributed by atoms with E-state index in [1.165, 1.54) is 0 Å². The van der Waals surface area contributed by atoms with Gasteiger partial charge in [-0.2, -0.15) is 0 Å². The van der Waals surface area contributed by atoms with Gasteiger partial charge in [-0.1, -0.05) is 6.92 Å². The van der Waals surface area contributed by atoms with E-state index < -0.39 is 5.54 Å². The van der Waals surface area contributed by atoms with Crippen LogP contribution in [0.5, 0.6) is 0 Å². The topological polar surface area (TPSA) is 70.2 Å². The standard InChI is InChI=1S/C12H21N3O2.ClH/c1-2-12(6-4-8-14-12)11(17)15-9-5-3-7-13-10(9)16;/h9,14H,2-8H2,1H3,(H,13,16)(H,15,17);1H. The highest BCUT2D eigenvalue weighted by atomic mass is 35.5. The molecule has 18 heavy (non-hydrogen) atoms. The normalized spacial score (nSPS) is 31.4. The number of carbonyl (C=O) groups is 2. The van der Waals surface area contributed by atoms with Crippen molar-refractivity contribution in [2.75, 3.05) is 13.1 Å². The minimum atomic E-state index is -0.447. The summed E-state index contributed by atoms with van der Waals surface area (Å²) in [5, 5.41) is 8.95. The minimum Gasteiger partial charge on any atom is -0.354 e. The SMILES string of the molecule is CCC1(C(=O)NC2CCCNC2=O)CCCN1.Cl. The zero-order chi connectivity index (χ0) is 12.3. The largest absolute Gasteiger partial charge is 0.354 e. The first-order chi connectivity index (χ1) is 8.18. The van der Waals surface area contributed by atoms with Crippen molar-refractivity contribution in [2.24, 2.45) is 0 Å². The Kier molecular flexibility index (Phi) is 5.41. The van der Waals surface area contributed by atoms with E-state index >= 15 is 0 Å². The van der Waals surface area contributed by atoms with Crippen molar-refractivity contribution in [1.82, 2.24) is 16.0 Å². The molecule has 104 valence electrons. The summed E-state index contributed by atoms with van der Waals surface area (Å²) >= 11 is 0. The highest BCUT2D eigenvalue weighted by molar-refractivity contribution is 5.92. The minimum absolute atomic E-state index is 0. The van der Waals surface area contributed by atoms with E-state index in [9.17, 15) is 9.59 Å². The number of carbonyl (C=O) groups excluding carboxylic acids is 2. The highest BCUT2D eigenvalue weighted by Crippen LogP contribution is 2.23.